The molecule has 2 aliphatic rings. The number of hydrogen-bond donors (Lipinski definition) is 1. The lowest BCUT2D eigenvalue weighted by molar-refractivity contribution is -0.593. The molecule has 2 aliphatic carbocycles. The number of Topliss-reactive ketones (excluding diaryl/α,β-unsaturated/α-hetero) is 1. The molecule has 0 amide bonds. The molecule has 1 aromatic heterocycles. The van der Waals surface area contributed by atoms with Crippen molar-refractivity contribution in [3.63, 3.8) is 0 Å². The molecule has 4 rings (SSSR count). The number of nitrogens with zero attached hydrogens (tertiary/aromatic N) is 1. The number of allylic oxidation sites excluding steroid dienone is 2. The molecule has 4 heteroatoms. The Morgan fingerprint density at radius 3 is 2.76 bits per heavy atom. The minimum atomic E-state index is 0.0328. The van der Waals surface area contributed by atoms with Crippen LogP contribution in [0.15, 0.2) is 48.4 Å². The Labute approximate surface area is 147 Å². The smallest absolute Gasteiger partial charge is 0.223 e. The Morgan fingerprint density at radius 1 is 1.20 bits per heavy atom. The van der Waals surface area contributed by atoms with Gasteiger partial charge in [0.15, 0.2) is 12.0 Å². The molecule has 128 valence electrons. The van der Waals surface area contributed by atoms with Gasteiger partial charge in [0.2, 0.25) is 5.69 Å². The highest BCUT2D eigenvalue weighted by atomic mass is 16.5. The SMILES string of the molecule is CCc1ccc(-c2cccc[n+]2[O-])cc1C1=C(O)[C@H]2CCC(C2)C1=O. The molecule has 2 atom stereocenters. The van der Waals surface area contributed by atoms with Gasteiger partial charge in [0.25, 0.3) is 0 Å². The second-order valence-electron chi connectivity index (χ2n) is 6.97. The third-order valence-corrected chi connectivity index (χ3v) is 5.57. The van der Waals surface area contributed by atoms with Crippen molar-refractivity contribution in [2.24, 2.45) is 11.8 Å². The van der Waals surface area contributed by atoms with Crippen LogP contribution >= 0.6 is 0 Å². The molecule has 25 heavy (non-hydrogen) atoms. The average Bonchev–Trinajstić information content (AvgIpc) is 3.08. The van der Waals surface area contributed by atoms with Gasteiger partial charge in [-0.15, -0.1) is 0 Å². The van der Waals surface area contributed by atoms with Gasteiger partial charge >= 0.3 is 0 Å². The zero-order valence-corrected chi connectivity index (χ0v) is 14.2. The number of hydrogen-bond acceptors (Lipinski definition) is 3. The number of ketones is 1. The first-order valence-corrected chi connectivity index (χ1v) is 8.89. The molecule has 0 radical (unpaired) electrons. The first-order chi connectivity index (χ1) is 12.1. The molecule has 1 unspecified atom stereocenters. The second-order valence-corrected chi connectivity index (χ2v) is 6.97. The van der Waals surface area contributed by atoms with E-state index >= 15 is 0 Å². The van der Waals surface area contributed by atoms with Crippen LogP contribution < -0.4 is 4.73 Å². The summed E-state index contributed by atoms with van der Waals surface area (Å²) in [6.07, 6.45) is 4.74. The molecule has 0 aliphatic heterocycles. The lowest BCUT2D eigenvalue weighted by Crippen LogP contribution is -2.28. The summed E-state index contributed by atoms with van der Waals surface area (Å²) >= 11 is 0. The van der Waals surface area contributed by atoms with Crippen LogP contribution in [-0.2, 0) is 11.2 Å². The zero-order chi connectivity index (χ0) is 17.6. The molecule has 1 heterocycles. The van der Waals surface area contributed by atoms with Crippen LogP contribution in [0.1, 0.15) is 37.3 Å². The zero-order valence-electron chi connectivity index (χ0n) is 14.2. The molecule has 1 aromatic carbocycles. The Balaban J connectivity index is 1.89. The molecule has 2 bridgehead atoms. The van der Waals surface area contributed by atoms with Crippen molar-refractivity contribution in [3.8, 4) is 11.3 Å². The number of carbonyl (C=O) groups excluding carboxylic acids is 1. The van der Waals surface area contributed by atoms with Gasteiger partial charge in [0.1, 0.15) is 5.76 Å². The topological polar surface area (TPSA) is 64.2 Å². The predicted molar refractivity (Wildman–Crippen MR) is 95.6 cm³/mol. The molecule has 1 saturated carbocycles. The van der Waals surface area contributed by atoms with Crippen LogP contribution in [0.25, 0.3) is 16.8 Å². The first kappa shape index (κ1) is 15.9. The van der Waals surface area contributed by atoms with E-state index in [4.69, 9.17) is 0 Å². The van der Waals surface area contributed by atoms with Crippen molar-refractivity contribution in [2.45, 2.75) is 32.6 Å². The minimum Gasteiger partial charge on any atom is -0.618 e. The summed E-state index contributed by atoms with van der Waals surface area (Å²) in [5.41, 5.74) is 3.58. The molecule has 1 N–H and O–H groups in total. The predicted octanol–water partition coefficient (Wildman–Crippen LogP) is 3.82. The van der Waals surface area contributed by atoms with E-state index in [0.717, 1.165) is 47.1 Å². The maximum Gasteiger partial charge on any atom is 0.223 e. The lowest BCUT2D eigenvalue weighted by Gasteiger charge is -2.23. The minimum absolute atomic E-state index is 0.0328. The van der Waals surface area contributed by atoms with E-state index in [0.29, 0.717) is 11.3 Å². The Kier molecular flexibility index (Phi) is 3.83. The molecule has 0 saturated heterocycles. The summed E-state index contributed by atoms with van der Waals surface area (Å²) in [7, 11) is 0. The summed E-state index contributed by atoms with van der Waals surface area (Å²) in [5, 5.41) is 22.8. The van der Waals surface area contributed by atoms with Crippen molar-refractivity contribution in [2.75, 3.05) is 0 Å². The third-order valence-electron chi connectivity index (χ3n) is 5.57. The fourth-order valence-electron chi connectivity index (χ4n) is 4.20. The van der Waals surface area contributed by atoms with Gasteiger partial charge in [-0.25, -0.2) is 0 Å². The normalized spacial score (nSPS) is 22.5. The van der Waals surface area contributed by atoms with Crippen LogP contribution in [0.3, 0.4) is 0 Å². The third kappa shape index (κ3) is 2.53. The van der Waals surface area contributed by atoms with E-state index in [1.807, 2.05) is 31.2 Å². The van der Waals surface area contributed by atoms with E-state index in [1.165, 1.54) is 6.20 Å². The van der Waals surface area contributed by atoms with E-state index in [-0.39, 0.29) is 23.4 Å². The number of rotatable bonds is 3. The van der Waals surface area contributed by atoms with Gasteiger partial charge in [-0.1, -0.05) is 13.0 Å². The van der Waals surface area contributed by atoms with Gasteiger partial charge in [-0.3, -0.25) is 4.79 Å². The highest BCUT2D eigenvalue weighted by Gasteiger charge is 2.41. The van der Waals surface area contributed by atoms with E-state index < -0.39 is 0 Å². The van der Waals surface area contributed by atoms with Crippen LogP contribution in [0.4, 0.5) is 0 Å². The average molecular weight is 335 g/mol. The number of aliphatic hydroxyl groups is 1. The van der Waals surface area contributed by atoms with Crippen molar-refractivity contribution >= 4 is 11.4 Å². The summed E-state index contributed by atoms with van der Waals surface area (Å²) in [6, 6.07) is 11.0. The maximum atomic E-state index is 12.9. The molecule has 4 nitrogen and oxygen atoms in total. The van der Waals surface area contributed by atoms with Gasteiger partial charge in [0.05, 0.1) is 5.57 Å². The van der Waals surface area contributed by atoms with E-state index in [2.05, 4.69) is 0 Å². The van der Waals surface area contributed by atoms with Crippen molar-refractivity contribution in [3.05, 3.63) is 64.7 Å². The fraction of sp³-hybridized carbons (Fsp3) is 0.333. The standard InChI is InChI=1S/C21H21NO3/c1-2-13-6-7-14(18-5-3-4-10-22(18)25)12-17(13)19-20(23)15-8-9-16(11-15)21(19)24/h3-7,10,12,15-16,23H,2,8-9,11H2,1H3/t15-,16?/m0/s1. The molecule has 0 spiro atoms. The number of benzene rings is 1. The van der Waals surface area contributed by atoms with Crippen LogP contribution in [-0.4, -0.2) is 10.9 Å². The summed E-state index contributed by atoms with van der Waals surface area (Å²) in [4.78, 5) is 12.9. The van der Waals surface area contributed by atoms with Gasteiger partial charge in [-0.2, -0.15) is 4.73 Å². The number of pyridine rings is 1. The highest BCUT2D eigenvalue weighted by Crippen LogP contribution is 2.46. The van der Waals surface area contributed by atoms with Gasteiger partial charge < -0.3 is 10.3 Å². The quantitative estimate of drug-likeness (QED) is 0.685. The Morgan fingerprint density at radius 2 is 2.00 bits per heavy atom. The monoisotopic (exact) mass is 335 g/mol. The summed E-state index contributed by atoms with van der Waals surface area (Å²) < 4.78 is 0.825. The fourth-order valence-corrected chi connectivity index (χ4v) is 4.20. The molecule has 1 fully saturated rings. The first-order valence-electron chi connectivity index (χ1n) is 8.89. The van der Waals surface area contributed by atoms with E-state index in [1.54, 1.807) is 12.1 Å². The van der Waals surface area contributed by atoms with Crippen LogP contribution in [0.5, 0.6) is 0 Å². The summed E-state index contributed by atoms with van der Waals surface area (Å²) in [6.45, 7) is 2.04. The number of aliphatic hydroxyl groups excluding tert-OH is 1. The second kappa shape index (κ2) is 6.03. The van der Waals surface area contributed by atoms with E-state index in [9.17, 15) is 15.1 Å². The van der Waals surface area contributed by atoms with Gasteiger partial charge in [0, 0.05) is 29.5 Å². The maximum absolute atomic E-state index is 12.9. The summed E-state index contributed by atoms with van der Waals surface area (Å²) in [5.74, 6) is 0.437. The largest absolute Gasteiger partial charge is 0.618 e. The molecular formula is C21H21NO3. The van der Waals surface area contributed by atoms with Crippen molar-refractivity contribution in [1.82, 2.24) is 0 Å². The number of aromatic nitrogens is 1. The Hall–Kier alpha value is -2.62. The number of aryl methyl sites for hydroxylation is 1. The van der Waals surface area contributed by atoms with Crippen molar-refractivity contribution < 1.29 is 14.6 Å². The van der Waals surface area contributed by atoms with Crippen LogP contribution in [0.2, 0.25) is 0 Å². The lowest BCUT2D eigenvalue weighted by atomic mass is 9.81. The number of fused-ring (bicyclic) bond motifs is 2. The molecule has 2 aromatic rings. The number of carbonyl (C=O) groups is 1. The Bertz CT molecular complexity index is 884. The highest BCUT2D eigenvalue weighted by molar-refractivity contribution is 6.23. The molecular weight excluding hydrogens is 314 g/mol. The van der Waals surface area contributed by atoms with Crippen LogP contribution in [0, 0.1) is 17.0 Å². The van der Waals surface area contributed by atoms with Crippen molar-refractivity contribution in [1.29, 1.82) is 0 Å². The van der Waals surface area contributed by atoms with Gasteiger partial charge in [-0.05, 0) is 55.0 Å².